The number of nitrogens with zero attached hydrogens (tertiary/aromatic N) is 2. The van der Waals surface area contributed by atoms with Crippen LogP contribution in [0.2, 0.25) is 0 Å². The number of methoxy groups -OCH3 is 1. The quantitative estimate of drug-likeness (QED) is 0.351. The Morgan fingerprint density at radius 2 is 1.97 bits per heavy atom. The summed E-state index contributed by atoms with van der Waals surface area (Å²) in [5, 5.41) is 0. The molecule has 0 bridgehead atoms. The van der Waals surface area contributed by atoms with E-state index in [0.717, 1.165) is 17.2 Å². The largest absolute Gasteiger partial charge is 0.397 e. The lowest BCUT2D eigenvalue weighted by atomic mass is 9.98. The van der Waals surface area contributed by atoms with Crippen LogP contribution in [-0.2, 0) is 4.74 Å². The van der Waals surface area contributed by atoms with Crippen LogP contribution in [0.25, 0.3) is 0 Å². The van der Waals surface area contributed by atoms with Gasteiger partial charge >= 0.3 is 0 Å². The van der Waals surface area contributed by atoms with E-state index in [0.29, 0.717) is 35.6 Å². The average Bonchev–Trinajstić information content (AvgIpc) is 2.72. The van der Waals surface area contributed by atoms with Crippen LogP contribution in [0, 0.1) is 12.7 Å². The summed E-state index contributed by atoms with van der Waals surface area (Å²) in [7, 11) is 3.11. The molecule has 2 N–H and O–H groups in total. The Morgan fingerprint density at radius 3 is 2.52 bits per heavy atom. The number of hydrogen-bond donors (Lipinski definition) is 1. The second kappa shape index (κ2) is 11.9. The SMILES string of the molecule is C=C/C(F)=C(\C=C)C/C(CCOC)=C(\N)C(C)=NC(=NC)c1cc(C)ccc1F. The molecule has 0 aliphatic rings. The smallest absolute Gasteiger partial charge is 0.157 e. The summed E-state index contributed by atoms with van der Waals surface area (Å²) in [5.41, 5.74) is 9.47. The molecule has 0 fully saturated rings. The van der Waals surface area contributed by atoms with E-state index in [4.69, 9.17) is 10.5 Å². The second-order valence-electron chi connectivity index (χ2n) is 6.45. The Hall–Kier alpha value is -2.86. The standard InChI is InChI=1S/C23H29F2N3O/c1-7-17(20(24)8-2)14-18(11-12-29-6)22(26)16(4)28-23(27-5)19-13-15(3)9-10-21(19)25/h7-10,13H,1-2,11-12,14,26H2,3-6H3/b20-17-,22-18-,27-23?,28-16?. The van der Waals surface area contributed by atoms with Gasteiger partial charge in [0.15, 0.2) is 5.84 Å². The molecule has 4 nitrogen and oxygen atoms in total. The molecule has 1 aromatic carbocycles. The van der Waals surface area contributed by atoms with Crippen molar-refractivity contribution in [1.29, 1.82) is 0 Å². The first-order chi connectivity index (χ1) is 13.8. The Labute approximate surface area is 171 Å². The zero-order valence-corrected chi connectivity index (χ0v) is 17.6. The number of amidine groups is 1. The number of ether oxygens (including phenoxy) is 1. The number of nitrogens with two attached hydrogens (primary N) is 1. The van der Waals surface area contributed by atoms with E-state index in [1.54, 1.807) is 26.2 Å². The van der Waals surface area contributed by atoms with Gasteiger partial charge in [0, 0.05) is 20.8 Å². The van der Waals surface area contributed by atoms with Gasteiger partial charge in [0.05, 0.1) is 17.0 Å². The second-order valence-corrected chi connectivity index (χ2v) is 6.45. The molecule has 29 heavy (non-hydrogen) atoms. The van der Waals surface area contributed by atoms with Gasteiger partial charge in [0.2, 0.25) is 0 Å². The van der Waals surface area contributed by atoms with E-state index in [1.165, 1.54) is 19.2 Å². The minimum Gasteiger partial charge on any atom is -0.397 e. The van der Waals surface area contributed by atoms with Gasteiger partial charge in [-0.3, -0.25) is 4.99 Å². The Kier molecular flexibility index (Phi) is 9.89. The third-order valence-electron chi connectivity index (χ3n) is 4.36. The Balaban J connectivity index is 3.41. The molecule has 156 valence electrons. The molecular weight excluding hydrogens is 372 g/mol. The maximum absolute atomic E-state index is 14.3. The van der Waals surface area contributed by atoms with Crippen LogP contribution in [0.5, 0.6) is 0 Å². The molecule has 0 saturated carbocycles. The number of rotatable bonds is 9. The van der Waals surface area contributed by atoms with E-state index in [9.17, 15) is 8.78 Å². The summed E-state index contributed by atoms with van der Waals surface area (Å²) in [6.07, 6.45) is 3.28. The number of hydrogen-bond acceptors (Lipinski definition) is 3. The van der Waals surface area contributed by atoms with Gasteiger partial charge in [0.25, 0.3) is 0 Å². The van der Waals surface area contributed by atoms with Crippen molar-refractivity contribution < 1.29 is 13.5 Å². The van der Waals surface area contributed by atoms with Crippen molar-refractivity contribution >= 4 is 11.5 Å². The first-order valence-corrected chi connectivity index (χ1v) is 9.17. The Morgan fingerprint density at radius 1 is 1.28 bits per heavy atom. The summed E-state index contributed by atoms with van der Waals surface area (Å²) in [6, 6.07) is 4.73. The molecule has 0 aliphatic heterocycles. The fraction of sp³-hybridized carbons (Fsp3) is 0.304. The van der Waals surface area contributed by atoms with Gasteiger partial charge in [-0.1, -0.05) is 30.9 Å². The van der Waals surface area contributed by atoms with Gasteiger partial charge in [0.1, 0.15) is 11.6 Å². The predicted molar refractivity (Wildman–Crippen MR) is 118 cm³/mol. The fourth-order valence-corrected chi connectivity index (χ4v) is 2.67. The lowest BCUT2D eigenvalue weighted by Gasteiger charge is -2.14. The summed E-state index contributed by atoms with van der Waals surface area (Å²) < 4.78 is 33.4. The molecular formula is C23H29F2N3O. The first kappa shape index (κ1) is 24.2. The van der Waals surface area contributed by atoms with Crippen molar-refractivity contribution in [1.82, 2.24) is 0 Å². The summed E-state index contributed by atoms with van der Waals surface area (Å²) >= 11 is 0. The zero-order chi connectivity index (χ0) is 22.0. The Bertz CT molecular complexity index is 880. The third kappa shape index (κ3) is 6.91. The maximum Gasteiger partial charge on any atom is 0.157 e. The fourth-order valence-electron chi connectivity index (χ4n) is 2.67. The molecule has 0 unspecified atom stereocenters. The van der Waals surface area contributed by atoms with Crippen LogP contribution in [-0.4, -0.2) is 32.3 Å². The van der Waals surface area contributed by atoms with Crippen molar-refractivity contribution in [2.24, 2.45) is 15.7 Å². The van der Waals surface area contributed by atoms with Crippen LogP contribution in [0.1, 0.15) is 30.9 Å². The van der Waals surface area contributed by atoms with E-state index in [-0.39, 0.29) is 12.3 Å². The molecule has 1 rings (SSSR count). The van der Waals surface area contributed by atoms with Crippen molar-refractivity contribution in [3.63, 3.8) is 0 Å². The van der Waals surface area contributed by atoms with Crippen molar-refractivity contribution in [3.05, 3.63) is 83.1 Å². The highest BCUT2D eigenvalue weighted by Gasteiger charge is 2.14. The molecule has 0 amide bonds. The molecule has 0 aliphatic carbocycles. The zero-order valence-electron chi connectivity index (χ0n) is 17.6. The van der Waals surface area contributed by atoms with Gasteiger partial charge in [-0.25, -0.2) is 13.8 Å². The molecule has 6 heteroatoms. The van der Waals surface area contributed by atoms with Crippen molar-refractivity contribution in [2.45, 2.75) is 26.7 Å². The normalized spacial score (nSPS) is 14.3. The molecule has 0 spiro atoms. The molecule has 0 atom stereocenters. The van der Waals surface area contributed by atoms with Gasteiger partial charge in [-0.05, 0) is 56.0 Å². The minimum absolute atomic E-state index is 0.231. The lowest BCUT2D eigenvalue weighted by Crippen LogP contribution is -2.16. The highest BCUT2D eigenvalue weighted by molar-refractivity contribution is 6.11. The van der Waals surface area contributed by atoms with Gasteiger partial charge < -0.3 is 10.5 Å². The summed E-state index contributed by atoms with van der Waals surface area (Å²) in [4.78, 5) is 8.55. The molecule has 0 radical (unpaired) electrons. The van der Waals surface area contributed by atoms with Crippen LogP contribution >= 0.6 is 0 Å². The van der Waals surface area contributed by atoms with Crippen molar-refractivity contribution in [2.75, 3.05) is 20.8 Å². The van der Waals surface area contributed by atoms with E-state index < -0.39 is 11.6 Å². The number of allylic oxidation sites excluding steroid dienone is 5. The average molecular weight is 402 g/mol. The first-order valence-electron chi connectivity index (χ1n) is 9.17. The monoisotopic (exact) mass is 401 g/mol. The minimum atomic E-state index is -0.463. The topological polar surface area (TPSA) is 60.0 Å². The van der Waals surface area contributed by atoms with Crippen LogP contribution in [0.4, 0.5) is 8.78 Å². The highest BCUT2D eigenvalue weighted by atomic mass is 19.1. The van der Waals surface area contributed by atoms with E-state index in [1.807, 2.05) is 6.92 Å². The molecule has 0 saturated heterocycles. The number of halogens is 2. The molecule has 0 aromatic heterocycles. The van der Waals surface area contributed by atoms with E-state index >= 15 is 0 Å². The maximum atomic E-state index is 14.3. The van der Waals surface area contributed by atoms with Crippen LogP contribution in [0.15, 0.2) is 76.2 Å². The van der Waals surface area contributed by atoms with Gasteiger partial charge in [-0.15, -0.1) is 0 Å². The van der Waals surface area contributed by atoms with Crippen molar-refractivity contribution in [3.8, 4) is 0 Å². The molecule has 0 heterocycles. The lowest BCUT2D eigenvalue weighted by molar-refractivity contribution is 0.201. The summed E-state index contributed by atoms with van der Waals surface area (Å²) in [6.45, 7) is 11.1. The number of benzene rings is 1. The van der Waals surface area contributed by atoms with E-state index in [2.05, 4.69) is 23.1 Å². The predicted octanol–water partition coefficient (Wildman–Crippen LogP) is 5.21. The third-order valence-corrected chi connectivity index (χ3v) is 4.36. The number of aryl methyl sites for hydroxylation is 1. The van der Waals surface area contributed by atoms with Crippen LogP contribution in [0.3, 0.4) is 0 Å². The highest BCUT2D eigenvalue weighted by Crippen LogP contribution is 2.23. The van der Waals surface area contributed by atoms with Crippen LogP contribution < -0.4 is 5.73 Å². The number of aliphatic imine (C=N–C) groups is 2. The summed E-state index contributed by atoms with van der Waals surface area (Å²) in [5.74, 6) is -0.649. The molecule has 1 aromatic rings. The van der Waals surface area contributed by atoms with Gasteiger partial charge in [-0.2, -0.15) is 0 Å².